The number of carbonyl (C=O) groups excluding carboxylic acids is 1. The van der Waals surface area contributed by atoms with E-state index < -0.39 is 5.24 Å². The van der Waals surface area contributed by atoms with Gasteiger partial charge in [0.2, 0.25) is 0 Å². The number of nitrogens with one attached hydrogen (secondary N) is 1. The Morgan fingerprint density at radius 1 is 1.46 bits per heavy atom. The minimum Gasteiger partial charge on any atom is -0.345 e. The molecule has 66 valence electrons. The summed E-state index contributed by atoms with van der Waals surface area (Å²) in [7, 11) is 0. The van der Waals surface area contributed by atoms with E-state index in [2.05, 4.69) is 9.97 Å². The molecule has 0 radical (unpaired) electrons. The van der Waals surface area contributed by atoms with E-state index in [1.165, 1.54) is 12.4 Å². The molecule has 0 spiro atoms. The van der Waals surface area contributed by atoms with Gasteiger partial charge in [0.1, 0.15) is 5.52 Å². The van der Waals surface area contributed by atoms with E-state index in [-0.39, 0.29) is 0 Å². The standard InChI is InChI=1S/C8H4Cl2N2O/c9-5-1-4(8(10)13)2-6-7(5)12-3-11-6/h1-3H,(H,11,12). The zero-order chi connectivity index (χ0) is 9.42. The molecule has 2 aromatic rings. The Labute approximate surface area is 83.7 Å². The van der Waals surface area contributed by atoms with Crippen LogP contribution in [0.3, 0.4) is 0 Å². The Hall–Kier alpha value is -1.06. The van der Waals surface area contributed by atoms with Crippen LogP contribution in [0.4, 0.5) is 0 Å². The highest BCUT2D eigenvalue weighted by molar-refractivity contribution is 6.68. The second-order valence-corrected chi connectivity index (χ2v) is 3.28. The summed E-state index contributed by atoms with van der Waals surface area (Å²) in [6.45, 7) is 0. The first-order valence-electron chi connectivity index (χ1n) is 3.51. The number of hydrogen-bond acceptors (Lipinski definition) is 2. The summed E-state index contributed by atoms with van der Waals surface area (Å²) in [5, 5.41) is -0.110. The van der Waals surface area contributed by atoms with Crippen LogP contribution in [-0.2, 0) is 0 Å². The van der Waals surface area contributed by atoms with Crippen molar-refractivity contribution in [1.29, 1.82) is 0 Å². The molecule has 0 bridgehead atoms. The van der Waals surface area contributed by atoms with Gasteiger partial charge < -0.3 is 4.98 Å². The molecule has 0 aliphatic rings. The van der Waals surface area contributed by atoms with E-state index in [4.69, 9.17) is 23.2 Å². The Morgan fingerprint density at radius 3 is 2.92 bits per heavy atom. The monoisotopic (exact) mass is 214 g/mol. The van der Waals surface area contributed by atoms with Crippen molar-refractivity contribution < 1.29 is 4.79 Å². The van der Waals surface area contributed by atoms with E-state index in [0.717, 1.165) is 0 Å². The summed E-state index contributed by atoms with van der Waals surface area (Å²) < 4.78 is 0. The van der Waals surface area contributed by atoms with Gasteiger partial charge in [0.05, 0.1) is 16.9 Å². The minimum absolute atomic E-state index is 0.364. The molecule has 1 heterocycles. The molecule has 0 aliphatic heterocycles. The SMILES string of the molecule is O=C(Cl)c1cc(Cl)c2nc[nH]c2c1. The van der Waals surface area contributed by atoms with Crippen molar-refractivity contribution in [2.75, 3.05) is 0 Å². The first-order valence-corrected chi connectivity index (χ1v) is 4.26. The van der Waals surface area contributed by atoms with Crippen molar-refractivity contribution >= 4 is 39.5 Å². The Bertz CT molecular complexity index is 478. The molecule has 0 saturated carbocycles. The average molecular weight is 215 g/mol. The highest BCUT2D eigenvalue weighted by Gasteiger charge is 2.08. The maximum absolute atomic E-state index is 10.8. The fourth-order valence-corrected chi connectivity index (χ4v) is 1.50. The quantitative estimate of drug-likeness (QED) is 0.743. The molecular formula is C8H4Cl2N2O. The normalized spacial score (nSPS) is 10.6. The predicted octanol–water partition coefficient (Wildman–Crippen LogP) is 2.60. The first-order chi connectivity index (χ1) is 6.18. The summed E-state index contributed by atoms with van der Waals surface area (Å²) in [6, 6.07) is 3.11. The van der Waals surface area contributed by atoms with Gasteiger partial charge in [-0.05, 0) is 23.7 Å². The van der Waals surface area contributed by atoms with Crippen molar-refractivity contribution in [2.45, 2.75) is 0 Å². The van der Waals surface area contributed by atoms with Gasteiger partial charge >= 0.3 is 0 Å². The second-order valence-electron chi connectivity index (χ2n) is 2.53. The fraction of sp³-hybridized carbons (Fsp3) is 0. The van der Waals surface area contributed by atoms with Crippen molar-refractivity contribution in [1.82, 2.24) is 9.97 Å². The lowest BCUT2D eigenvalue weighted by Crippen LogP contribution is -1.88. The number of aromatic nitrogens is 2. The smallest absolute Gasteiger partial charge is 0.252 e. The largest absolute Gasteiger partial charge is 0.345 e. The van der Waals surface area contributed by atoms with Gasteiger partial charge in [0.15, 0.2) is 0 Å². The van der Waals surface area contributed by atoms with Gasteiger partial charge in [-0.1, -0.05) is 11.6 Å². The summed E-state index contributed by atoms with van der Waals surface area (Å²) in [4.78, 5) is 17.7. The number of aromatic amines is 1. The first kappa shape index (κ1) is 8.53. The van der Waals surface area contributed by atoms with Crippen molar-refractivity contribution in [3.05, 3.63) is 29.0 Å². The third kappa shape index (κ3) is 1.41. The molecule has 1 N–H and O–H groups in total. The van der Waals surface area contributed by atoms with Crippen LogP contribution in [0, 0.1) is 0 Å². The lowest BCUT2D eigenvalue weighted by molar-refractivity contribution is 0.108. The van der Waals surface area contributed by atoms with Crippen LogP contribution in [0.25, 0.3) is 11.0 Å². The molecule has 1 aromatic carbocycles. The number of fused-ring (bicyclic) bond motifs is 1. The van der Waals surface area contributed by atoms with E-state index in [1.54, 1.807) is 6.07 Å². The molecule has 5 heteroatoms. The van der Waals surface area contributed by atoms with Crippen molar-refractivity contribution in [2.24, 2.45) is 0 Å². The van der Waals surface area contributed by atoms with Gasteiger partial charge in [-0.15, -0.1) is 0 Å². The molecule has 1 aromatic heterocycles. The fourth-order valence-electron chi connectivity index (χ4n) is 1.12. The van der Waals surface area contributed by atoms with Crippen LogP contribution in [0.15, 0.2) is 18.5 Å². The molecule has 0 aliphatic carbocycles. The number of imidazole rings is 1. The van der Waals surface area contributed by atoms with Gasteiger partial charge in [0.25, 0.3) is 5.24 Å². The van der Waals surface area contributed by atoms with E-state index in [9.17, 15) is 4.79 Å². The predicted molar refractivity (Wildman–Crippen MR) is 51.3 cm³/mol. The van der Waals surface area contributed by atoms with Crippen LogP contribution in [0.1, 0.15) is 10.4 Å². The number of H-pyrrole nitrogens is 1. The summed E-state index contributed by atoms with van der Waals surface area (Å²) >= 11 is 11.2. The highest BCUT2D eigenvalue weighted by atomic mass is 35.5. The number of benzene rings is 1. The topological polar surface area (TPSA) is 45.8 Å². The molecular weight excluding hydrogens is 211 g/mol. The number of hydrogen-bond donors (Lipinski definition) is 1. The Kier molecular flexibility index (Phi) is 1.98. The summed E-state index contributed by atoms with van der Waals surface area (Å²) in [5.41, 5.74) is 1.71. The Balaban J connectivity index is 2.77. The van der Waals surface area contributed by atoms with Crippen molar-refractivity contribution in [3.8, 4) is 0 Å². The van der Waals surface area contributed by atoms with Gasteiger partial charge in [-0.2, -0.15) is 0 Å². The minimum atomic E-state index is -0.529. The molecule has 0 fully saturated rings. The lowest BCUT2D eigenvalue weighted by atomic mass is 10.2. The van der Waals surface area contributed by atoms with E-state index >= 15 is 0 Å². The van der Waals surface area contributed by atoms with Crippen LogP contribution >= 0.6 is 23.2 Å². The molecule has 0 amide bonds. The summed E-state index contributed by atoms with van der Waals surface area (Å²) in [5.74, 6) is 0. The number of rotatable bonds is 1. The second kappa shape index (κ2) is 3.01. The van der Waals surface area contributed by atoms with Crippen LogP contribution in [0.2, 0.25) is 5.02 Å². The van der Waals surface area contributed by atoms with Crippen LogP contribution in [-0.4, -0.2) is 15.2 Å². The lowest BCUT2D eigenvalue weighted by Gasteiger charge is -1.96. The zero-order valence-corrected chi connectivity index (χ0v) is 7.86. The molecule has 0 unspecified atom stereocenters. The van der Waals surface area contributed by atoms with Gasteiger partial charge in [-0.3, -0.25) is 4.79 Å². The van der Waals surface area contributed by atoms with E-state index in [1.807, 2.05) is 0 Å². The highest BCUT2D eigenvalue weighted by Crippen LogP contribution is 2.23. The maximum Gasteiger partial charge on any atom is 0.252 e. The number of carbonyl (C=O) groups is 1. The van der Waals surface area contributed by atoms with Gasteiger partial charge in [0, 0.05) is 5.56 Å². The summed E-state index contributed by atoms with van der Waals surface area (Å²) in [6.07, 6.45) is 1.51. The molecule has 2 rings (SSSR count). The average Bonchev–Trinajstić information content (AvgIpc) is 2.51. The number of nitrogens with zero attached hydrogens (tertiary/aromatic N) is 1. The van der Waals surface area contributed by atoms with Crippen LogP contribution < -0.4 is 0 Å². The number of halogens is 2. The van der Waals surface area contributed by atoms with Crippen molar-refractivity contribution in [3.63, 3.8) is 0 Å². The van der Waals surface area contributed by atoms with Crippen LogP contribution in [0.5, 0.6) is 0 Å². The third-order valence-electron chi connectivity index (χ3n) is 1.70. The Morgan fingerprint density at radius 2 is 2.23 bits per heavy atom. The molecule has 3 nitrogen and oxygen atoms in total. The maximum atomic E-state index is 10.8. The van der Waals surface area contributed by atoms with Gasteiger partial charge in [-0.25, -0.2) is 4.98 Å². The molecule has 0 saturated heterocycles. The zero-order valence-electron chi connectivity index (χ0n) is 6.34. The third-order valence-corrected chi connectivity index (χ3v) is 2.21. The molecule has 13 heavy (non-hydrogen) atoms. The van der Waals surface area contributed by atoms with E-state index in [0.29, 0.717) is 21.6 Å². The molecule has 0 atom stereocenters.